The van der Waals surface area contributed by atoms with Crippen LogP contribution in [-0.4, -0.2) is 4.98 Å². The monoisotopic (exact) mass is 257 g/mol. The molecule has 2 aromatic rings. The van der Waals surface area contributed by atoms with Gasteiger partial charge in [-0.2, -0.15) is 10.2 Å². The smallest absolute Gasteiger partial charge is 0.129 e. The predicted molar refractivity (Wildman–Crippen MR) is 70.6 cm³/mol. The Morgan fingerprint density at radius 1 is 0.889 bits per heavy atom. The summed E-state index contributed by atoms with van der Waals surface area (Å²) in [5.74, 6) is 0. The molecule has 0 bridgehead atoms. The van der Waals surface area contributed by atoms with Crippen molar-refractivity contribution in [2.24, 2.45) is 10.2 Å². The van der Waals surface area contributed by atoms with Crippen molar-refractivity contribution in [3.8, 4) is 0 Å². The van der Waals surface area contributed by atoms with Crippen LogP contribution in [0.4, 0.5) is 0 Å². The van der Waals surface area contributed by atoms with E-state index in [0.29, 0.717) is 5.15 Å². The molecule has 0 aliphatic carbocycles. The van der Waals surface area contributed by atoms with Gasteiger partial charge in [0.1, 0.15) is 5.15 Å². The van der Waals surface area contributed by atoms with Crippen molar-refractivity contribution in [2.75, 3.05) is 0 Å². The van der Waals surface area contributed by atoms with Gasteiger partial charge in [-0.05, 0) is 17.2 Å². The summed E-state index contributed by atoms with van der Waals surface area (Å²) < 4.78 is 0. The molecule has 1 aromatic carbocycles. The van der Waals surface area contributed by atoms with Crippen molar-refractivity contribution in [1.29, 1.82) is 0 Å². The Balaban J connectivity index is 1.77. The third-order valence-electron chi connectivity index (χ3n) is 3.11. The minimum absolute atomic E-state index is 0.0972. The molecule has 0 saturated heterocycles. The summed E-state index contributed by atoms with van der Waals surface area (Å²) in [6.45, 7) is 0. The Hall–Kier alpha value is -1.74. The van der Waals surface area contributed by atoms with Crippen molar-refractivity contribution in [2.45, 2.75) is 18.5 Å². The molecule has 0 radical (unpaired) electrons. The quantitative estimate of drug-likeness (QED) is 0.736. The number of hydrogen-bond acceptors (Lipinski definition) is 3. The first-order valence-electron chi connectivity index (χ1n) is 5.89. The van der Waals surface area contributed by atoms with Gasteiger partial charge in [0.15, 0.2) is 0 Å². The lowest BCUT2D eigenvalue weighted by Crippen LogP contribution is -1.97. The minimum atomic E-state index is 0.0972. The summed E-state index contributed by atoms with van der Waals surface area (Å²) in [6, 6.07) is 14.3. The molecule has 1 aliphatic rings. The van der Waals surface area contributed by atoms with E-state index in [1.807, 2.05) is 24.3 Å². The van der Waals surface area contributed by atoms with Gasteiger partial charge in [0, 0.05) is 12.6 Å². The topological polar surface area (TPSA) is 37.6 Å². The van der Waals surface area contributed by atoms with Crippen LogP contribution in [0.25, 0.3) is 0 Å². The fraction of sp³-hybridized carbons (Fsp3) is 0.214. The molecular weight excluding hydrogens is 246 g/mol. The first-order valence-corrected chi connectivity index (χ1v) is 6.27. The van der Waals surface area contributed by atoms with Gasteiger partial charge < -0.3 is 0 Å². The minimum Gasteiger partial charge on any atom is -0.244 e. The number of rotatable bonds is 2. The van der Waals surface area contributed by atoms with Gasteiger partial charge in [0.25, 0.3) is 0 Å². The Kier molecular flexibility index (Phi) is 3.07. The fourth-order valence-electron chi connectivity index (χ4n) is 2.13. The van der Waals surface area contributed by atoms with Crippen LogP contribution in [0.2, 0.25) is 5.15 Å². The van der Waals surface area contributed by atoms with E-state index in [-0.39, 0.29) is 12.1 Å². The number of benzene rings is 1. The molecule has 2 unspecified atom stereocenters. The lowest BCUT2D eigenvalue weighted by atomic mass is 9.98. The lowest BCUT2D eigenvalue weighted by molar-refractivity contribution is 0.657. The summed E-state index contributed by atoms with van der Waals surface area (Å²) in [5.41, 5.74) is 2.28. The maximum absolute atomic E-state index is 5.78. The molecule has 2 heterocycles. The molecule has 0 N–H and O–H groups in total. The van der Waals surface area contributed by atoms with Crippen LogP contribution < -0.4 is 0 Å². The van der Waals surface area contributed by atoms with Gasteiger partial charge in [-0.25, -0.2) is 4.98 Å². The summed E-state index contributed by atoms with van der Waals surface area (Å²) in [5, 5.41) is 9.19. The SMILES string of the molecule is Clc1ccc(C2CC(c3ccccc3)N=N2)cn1. The maximum atomic E-state index is 5.78. The van der Waals surface area contributed by atoms with Crippen LogP contribution in [0.15, 0.2) is 58.9 Å². The second-order valence-corrected chi connectivity index (χ2v) is 4.71. The van der Waals surface area contributed by atoms with Gasteiger partial charge >= 0.3 is 0 Å². The van der Waals surface area contributed by atoms with Crippen molar-refractivity contribution in [1.82, 2.24) is 4.98 Å². The second-order valence-electron chi connectivity index (χ2n) is 4.32. The van der Waals surface area contributed by atoms with E-state index >= 15 is 0 Å². The van der Waals surface area contributed by atoms with Gasteiger partial charge in [-0.1, -0.05) is 48.0 Å². The van der Waals surface area contributed by atoms with E-state index in [1.165, 1.54) is 5.56 Å². The number of halogens is 1. The van der Waals surface area contributed by atoms with Gasteiger partial charge in [0.2, 0.25) is 0 Å². The van der Waals surface area contributed by atoms with Crippen LogP contribution in [0.3, 0.4) is 0 Å². The Labute approximate surface area is 111 Å². The van der Waals surface area contributed by atoms with Gasteiger partial charge in [0.05, 0.1) is 12.1 Å². The first-order chi connectivity index (χ1) is 8.83. The van der Waals surface area contributed by atoms with E-state index in [0.717, 1.165) is 12.0 Å². The molecule has 0 amide bonds. The zero-order chi connectivity index (χ0) is 12.4. The second kappa shape index (κ2) is 4.86. The van der Waals surface area contributed by atoms with E-state index in [4.69, 9.17) is 11.6 Å². The molecule has 0 fully saturated rings. The first kappa shape index (κ1) is 11.4. The number of pyridine rings is 1. The highest BCUT2D eigenvalue weighted by Crippen LogP contribution is 2.38. The third-order valence-corrected chi connectivity index (χ3v) is 3.33. The van der Waals surface area contributed by atoms with Crippen LogP contribution in [0, 0.1) is 0 Å². The lowest BCUT2D eigenvalue weighted by Gasteiger charge is -2.08. The van der Waals surface area contributed by atoms with Crippen LogP contribution in [0.5, 0.6) is 0 Å². The normalized spacial score (nSPS) is 22.3. The molecule has 4 heteroatoms. The standard InChI is InChI=1S/C14H12ClN3/c15-14-7-6-11(9-16-14)13-8-12(17-18-13)10-4-2-1-3-5-10/h1-7,9,12-13H,8H2. The molecule has 0 saturated carbocycles. The van der Waals surface area contributed by atoms with E-state index in [2.05, 4.69) is 27.3 Å². The molecule has 1 aromatic heterocycles. The summed E-state index contributed by atoms with van der Waals surface area (Å²) >= 11 is 5.78. The van der Waals surface area contributed by atoms with Crippen LogP contribution in [-0.2, 0) is 0 Å². The van der Waals surface area contributed by atoms with Crippen LogP contribution >= 0.6 is 11.6 Å². The largest absolute Gasteiger partial charge is 0.244 e. The Morgan fingerprint density at radius 2 is 1.61 bits per heavy atom. The number of azo groups is 1. The Morgan fingerprint density at radius 3 is 2.28 bits per heavy atom. The average Bonchev–Trinajstić information content (AvgIpc) is 2.90. The van der Waals surface area contributed by atoms with Crippen LogP contribution in [0.1, 0.15) is 29.6 Å². The van der Waals surface area contributed by atoms with Gasteiger partial charge in [-0.3, -0.25) is 0 Å². The summed E-state index contributed by atoms with van der Waals surface area (Å²) in [6.07, 6.45) is 2.67. The molecule has 1 aliphatic heterocycles. The van der Waals surface area contributed by atoms with Crippen molar-refractivity contribution >= 4 is 11.6 Å². The zero-order valence-corrected chi connectivity index (χ0v) is 10.5. The van der Waals surface area contributed by atoms with E-state index in [9.17, 15) is 0 Å². The number of aromatic nitrogens is 1. The predicted octanol–water partition coefficient (Wildman–Crippen LogP) is 4.37. The van der Waals surface area contributed by atoms with Crippen molar-refractivity contribution in [3.63, 3.8) is 0 Å². The molecule has 18 heavy (non-hydrogen) atoms. The molecule has 90 valence electrons. The van der Waals surface area contributed by atoms with E-state index < -0.39 is 0 Å². The number of hydrogen-bond donors (Lipinski definition) is 0. The van der Waals surface area contributed by atoms with Crippen molar-refractivity contribution in [3.05, 3.63) is 64.9 Å². The zero-order valence-electron chi connectivity index (χ0n) is 9.70. The molecule has 0 spiro atoms. The average molecular weight is 258 g/mol. The molecule has 3 nitrogen and oxygen atoms in total. The highest BCUT2D eigenvalue weighted by Gasteiger charge is 2.24. The highest BCUT2D eigenvalue weighted by atomic mass is 35.5. The third kappa shape index (κ3) is 2.27. The van der Waals surface area contributed by atoms with Gasteiger partial charge in [-0.15, -0.1) is 0 Å². The van der Waals surface area contributed by atoms with E-state index in [1.54, 1.807) is 12.3 Å². The number of nitrogens with zero attached hydrogens (tertiary/aromatic N) is 3. The van der Waals surface area contributed by atoms with Crippen molar-refractivity contribution < 1.29 is 0 Å². The fourth-order valence-corrected chi connectivity index (χ4v) is 2.24. The molecule has 3 rings (SSSR count). The highest BCUT2D eigenvalue weighted by molar-refractivity contribution is 6.29. The Bertz CT molecular complexity index is 551. The summed E-state index contributed by atoms with van der Waals surface area (Å²) in [7, 11) is 0. The summed E-state index contributed by atoms with van der Waals surface area (Å²) in [4.78, 5) is 4.09. The maximum Gasteiger partial charge on any atom is 0.129 e. The molecular formula is C14H12ClN3. The molecule has 2 atom stereocenters.